The summed E-state index contributed by atoms with van der Waals surface area (Å²) in [4.78, 5) is 17.8. The number of carbonyl (C=O) groups is 1. The van der Waals surface area contributed by atoms with E-state index in [4.69, 9.17) is 0 Å². The standard InChI is InChI=1S/C17H21N5O2S/c1-11(23)15-10-22(20-19-15)9-12-2-5-21(6-3-12)17(24)14-8-16-13(18-14)4-7-25-16/h4,7-8,10-12,18,23H,2-3,5-6,9H2,1H3/t11-/m0/s1. The van der Waals surface area contributed by atoms with Crippen LogP contribution in [0.1, 0.15) is 42.1 Å². The number of aromatic nitrogens is 4. The van der Waals surface area contributed by atoms with Crippen LogP contribution in [-0.4, -0.2) is 49.0 Å². The van der Waals surface area contributed by atoms with Gasteiger partial charge in [-0.15, -0.1) is 16.4 Å². The predicted octanol–water partition coefficient (Wildman–Crippen LogP) is 2.43. The second-order valence-corrected chi connectivity index (χ2v) is 7.61. The molecule has 3 aromatic heterocycles. The largest absolute Gasteiger partial charge is 0.387 e. The van der Waals surface area contributed by atoms with E-state index >= 15 is 0 Å². The first-order valence-electron chi connectivity index (χ1n) is 8.54. The van der Waals surface area contributed by atoms with E-state index in [0.29, 0.717) is 17.3 Å². The van der Waals surface area contributed by atoms with Crippen LogP contribution in [0.2, 0.25) is 0 Å². The van der Waals surface area contributed by atoms with Crippen LogP contribution in [0.5, 0.6) is 0 Å². The highest BCUT2D eigenvalue weighted by molar-refractivity contribution is 7.17. The van der Waals surface area contributed by atoms with E-state index in [1.165, 1.54) is 0 Å². The first-order valence-corrected chi connectivity index (χ1v) is 9.41. The van der Waals surface area contributed by atoms with Crippen LogP contribution in [0.25, 0.3) is 10.2 Å². The molecule has 0 unspecified atom stereocenters. The molecule has 0 spiro atoms. The first-order chi connectivity index (χ1) is 12.1. The van der Waals surface area contributed by atoms with Crippen LogP contribution in [0.3, 0.4) is 0 Å². The zero-order chi connectivity index (χ0) is 17.4. The van der Waals surface area contributed by atoms with Crippen molar-refractivity contribution < 1.29 is 9.90 Å². The van der Waals surface area contributed by atoms with Gasteiger partial charge < -0.3 is 15.0 Å². The molecule has 1 amide bonds. The second-order valence-electron chi connectivity index (χ2n) is 6.66. The van der Waals surface area contributed by atoms with Gasteiger partial charge in [-0.25, -0.2) is 0 Å². The summed E-state index contributed by atoms with van der Waals surface area (Å²) >= 11 is 1.64. The molecule has 8 heteroatoms. The summed E-state index contributed by atoms with van der Waals surface area (Å²) in [5.74, 6) is 0.554. The van der Waals surface area contributed by atoms with Crippen molar-refractivity contribution in [3.63, 3.8) is 0 Å². The van der Waals surface area contributed by atoms with Gasteiger partial charge in [0.25, 0.3) is 5.91 Å². The number of nitrogens with one attached hydrogen (secondary N) is 1. The Bertz CT molecular complexity index is 844. The summed E-state index contributed by atoms with van der Waals surface area (Å²) in [7, 11) is 0. The zero-order valence-corrected chi connectivity index (χ0v) is 14.9. The molecule has 1 fully saturated rings. The van der Waals surface area contributed by atoms with Crippen molar-refractivity contribution in [1.82, 2.24) is 24.9 Å². The molecule has 0 saturated carbocycles. The van der Waals surface area contributed by atoms with E-state index in [2.05, 4.69) is 15.3 Å². The number of aliphatic hydroxyl groups excluding tert-OH is 1. The first kappa shape index (κ1) is 16.3. The molecule has 0 aromatic carbocycles. The smallest absolute Gasteiger partial charge is 0.270 e. The number of hydrogen-bond donors (Lipinski definition) is 2. The van der Waals surface area contributed by atoms with Gasteiger partial charge in [0, 0.05) is 19.6 Å². The molecule has 2 N–H and O–H groups in total. The molecular formula is C17H21N5O2S. The summed E-state index contributed by atoms with van der Waals surface area (Å²) in [6.45, 7) is 3.98. The van der Waals surface area contributed by atoms with Gasteiger partial charge in [0.05, 0.1) is 22.5 Å². The fourth-order valence-electron chi connectivity index (χ4n) is 3.31. The number of piperidine rings is 1. The van der Waals surface area contributed by atoms with Crippen LogP contribution < -0.4 is 0 Å². The average molecular weight is 359 g/mol. The number of fused-ring (bicyclic) bond motifs is 1. The van der Waals surface area contributed by atoms with E-state index in [0.717, 1.165) is 42.7 Å². The van der Waals surface area contributed by atoms with Crippen molar-refractivity contribution in [2.24, 2.45) is 5.92 Å². The lowest BCUT2D eigenvalue weighted by molar-refractivity contribution is 0.0676. The molecule has 0 aliphatic carbocycles. The molecule has 132 valence electrons. The number of rotatable bonds is 4. The molecule has 1 atom stereocenters. The van der Waals surface area contributed by atoms with Gasteiger partial charge in [-0.05, 0) is 43.2 Å². The number of aliphatic hydroxyl groups is 1. The van der Waals surface area contributed by atoms with Crippen LogP contribution in [0.4, 0.5) is 0 Å². The number of hydrogen-bond acceptors (Lipinski definition) is 5. The fraction of sp³-hybridized carbons (Fsp3) is 0.471. The van der Waals surface area contributed by atoms with E-state index in [1.807, 2.05) is 22.4 Å². The Morgan fingerprint density at radius 2 is 2.28 bits per heavy atom. The summed E-state index contributed by atoms with van der Waals surface area (Å²) in [6, 6.07) is 3.95. The highest BCUT2D eigenvalue weighted by atomic mass is 32.1. The SMILES string of the molecule is C[C@H](O)c1cn(CC2CCN(C(=O)c3cc4sccc4[nH]3)CC2)nn1. The van der Waals surface area contributed by atoms with E-state index < -0.39 is 6.10 Å². The Kier molecular flexibility index (Phi) is 4.30. The third-order valence-electron chi connectivity index (χ3n) is 4.80. The van der Waals surface area contributed by atoms with Crippen LogP contribution in [0, 0.1) is 5.92 Å². The molecular weight excluding hydrogens is 338 g/mol. The van der Waals surface area contributed by atoms with Gasteiger partial charge >= 0.3 is 0 Å². The third-order valence-corrected chi connectivity index (χ3v) is 5.67. The van der Waals surface area contributed by atoms with Gasteiger partial charge in [0.1, 0.15) is 11.4 Å². The molecule has 0 radical (unpaired) electrons. The van der Waals surface area contributed by atoms with E-state index in [1.54, 1.807) is 29.1 Å². The molecule has 1 aliphatic rings. The Morgan fingerprint density at radius 1 is 1.48 bits per heavy atom. The molecule has 1 saturated heterocycles. The Hall–Kier alpha value is -2.19. The minimum Gasteiger partial charge on any atom is -0.387 e. The number of H-pyrrole nitrogens is 1. The Morgan fingerprint density at radius 3 is 2.96 bits per heavy atom. The number of likely N-dealkylation sites (tertiary alicyclic amines) is 1. The number of nitrogens with zero attached hydrogens (tertiary/aromatic N) is 4. The summed E-state index contributed by atoms with van der Waals surface area (Å²) in [6.07, 6.45) is 3.10. The van der Waals surface area contributed by atoms with Crippen LogP contribution >= 0.6 is 11.3 Å². The fourth-order valence-corrected chi connectivity index (χ4v) is 4.09. The summed E-state index contributed by atoms with van der Waals surface area (Å²) in [5.41, 5.74) is 2.31. The monoisotopic (exact) mass is 359 g/mol. The quantitative estimate of drug-likeness (QED) is 0.749. The highest BCUT2D eigenvalue weighted by Crippen LogP contribution is 2.24. The molecule has 3 aromatic rings. The third kappa shape index (κ3) is 3.32. The number of amides is 1. The van der Waals surface area contributed by atoms with Gasteiger partial charge in [-0.3, -0.25) is 9.48 Å². The molecule has 4 rings (SSSR count). The van der Waals surface area contributed by atoms with Crippen molar-refractivity contribution in [1.29, 1.82) is 0 Å². The van der Waals surface area contributed by atoms with Crippen molar-refractivity contribution in [2.75, 3.05) is 13.1 Å². The lowest BCUT2D eigenvalue weighted by Crippen LogP contribution is -2.39. The van der Waals surface area contributed by atoms with Gasteiger partial charge in [-0.1, -0.05) is 5.21 Å². The molecule has 4 heterocycles. The average Bonchev–Trinajstić information content (AvgIpc) is 3.30. The highest BCUT2D eigenvalue weighted by Gasteiger charge is 2.25. The molecule has 1 aliphatic heterocycles. The maximum absolute atomic E-state index is 12.7. The lowest BCUT2D eigenvalue weighted by Gasteiger charge is -2.31. The normalized spacial score (nSPS) is 17.3. The lowest BCUT2D eigenvalue weighted by atomic mass is 9.96. The summed E-state index contributed by atoms with van der Waals surface area (Å²) < 4.78 is 2.92. The minimum absolute atomic E-state index is 0.0824. The zero-order valence-electron chi connectivity index (χ0n) is 14.1. The van der Waals surface area contributed by atoms with Crippen LogP contribution in [0.15, 0.2) is 23.7 Å². The van der Waals surface area contributed by atoms with Crippen molar-refractivity contribution in [2.45, 2.75) is 32.4 Å². The predicted molar refractivity (Wildman–Crippen MR) is 95.5 cm³/mol. The molecule has 0 bridgehead atoms. The number of thiophene rings is 1. The minimum atomic E-state index is -0.594. The van der Waals surface area contributed by atoms with Crippen molar-refractivity contribution in [3.8, 4) is 0 Å². The van der Waals surface area contributed by atoms with Crippen molar-refractivity contribution >= 4 is 27.5 Å². The topological polar surface area (TPSA) is 87.0 Å². The van der Waals surface area contributed by atoms with E-state index in [-0.39, 0.29) is 5.91 Å². The van der Waals surface area contributed by atoms with Crippen LogP contribution in [-0.2, 0) is 6.54 Å². The van der Waals surface area contributed by atoms with Crippen molar-refractivity contribution in [3.05, 3.63) is 35.1 Å². The number of aromatic amines is 1. The van der Waals surface area contributed by atoms with Gasteiger partial charge in [0.2, 0.25) is 0 Å². The Balaban J connectivity index is 1.34. The molecule has 25 heavy (non-hydrogen) atoms. The Labute approximate surface area is 149 Å². The maximum atomic E-state index is 12.7. The van der Waals surface area contributed by atoms with Gasteiger partial charge in [-0.2, -0.15) is 0 Å². The van der Waals surface area contributed by atoms with Gasteiger partial charge in [0.15, 0.2) is 0 Å². The van der Waals surface area contributed by atoms with E-state index in [9.17, 15) is 9.90 Å². The maximum Gasteiger partial charge on any atom is 0.270 e. The second kappa shape index (κ2) is 6.61. The summed E-state index contributed by atoms with van der Waals surface area (Å²) in [5, 5.41) is 19.6. The number of carbonyl (C=O) groups excluding carboxylic acids is 1. The molecule has 7 nitrogen and oxygen atoms in total.